The van der Waals surface area contributed by atoms with Gasteiger partial charge in [0.2, 0.25) is 0 Å². The summed E-state index contributed by atoms with van der Waals surface area (Å²) >= 11 is 0. The molecule has 0 aliphatic carbocycles. The predicted octanol–water partition coefficient (Wildman–Crippen LogP) is 2.50. The topological polar surface area (TPSA) is 42.2 Å². The molecule has 0 saturated carbocycles. The SMILES string of the molecule is CN[C@H](C)C(=O)c1ccc2oc(F)cc2c1F. The van der Waals surface area contributed by atoms with Crippen LogP contribution in [0.1, 0.15) is 17.3 Å². The van der Waals surface area contributed by atoms with E-state index in [0.717, 1.165) is 6.07 Å². The first kappa shape index (κ1) is 11.7. The number of halogens is 2. The number of rotatable bonds is 3. The second-order valence-electron chi connectivity index (χ2n) is 3.76. The molecule has 0 aliphatic heterocycles. The quantitative estimate of drug-likeness (QED) is 0.837. The van der Waals surface area contributed by atoms with Crippen LogP contribution in [-0.4, -0.2) is 18.9 Å². The number of carbonyl (C=O) groups excluding carboxylic acids is 1. The van der Waals surface area contributed by atoms with Gasteiger partial charge in [0.15, 0.2) is 5.78 Å². The number of Topliss-reactive ketones (excluding diaryl/α,β-unsaturated/α-hetero) is 1. The monoisotopic (exact) mass is 239 g/mol. The lowest BCUT2D eigenvalue weighted by Crippen LogP contribution is -2.31. The second-order valence-corrected chi connectivity index (χ2v) is 3.76. The summed E-state index contributed by atoms with van der Waals surface area (Å²) in [6.45, 7) is 1.63. The maximum atomic E-state index is 14.0. The predicted molar refractivity (Wildman–Crippen MR) is 59.0 cm³/mol. The molecule has 1 N–H and O–H groups in total. The van der Waals surface area contributed by atoms with Crippen LogP contribution in [0.25, 0.3) is 11.0 Å². The number of hydrogen-bond donors (Lipinski definition) is 1. The third-order valence-corrected chi connectivity index (χ3v) is 2.70. The van der Waals surface area contributed by atoms with Crippen molar-refractivity contribution in [3.8, 4) is 0 Å². The zero-order chi connectivity index (χ0) is 12.6. The minimum Gasteiger partial charge on any atom is -0.431 e. The van der Waals surface area contributed by atoms with Crippen molar-refractivity contribution in [3.63, 3.8) is 0 Å². The van der Waals surface area contributed by atoms with E-state index in [-0.39, 0.29) is 22.3 Å². The van der Waals surface area contributed by atoms with Crippen LogP contribution in [0.2, 0.25) is 0 Å². The highest BCUT2D eigenvalue weighted by molar-refractivity contribution is 6.02. The van der Waals surface area contributed by atoms with Crippen molar-refractivity contribution >= 4 is 16.8 Å². The summed E-state index contributed by atoms with van der Waals surface area (Å²) in [6, 6.07) is 2.25. The van der Waals surface area contributed by atoms with Crippen LogP contribution in [0, 0.1) is 11.8 Å². The maximum Gasteiger partial charge on any atom is 0.278 e. The number of fused-ring (bicyclic) bond motifs is 1. The van der Waals surface area contributed by atoms with E-state index >= 15 is 0 Å². The molecule has 2 rings (SSSR count). The molecule has 1 aromatic heterocycles. The summed E-state index contributed by atoms with van der Waals surface area (Å²) in [6.07, 6.45) is 0. The van der Waals surface area contributed by atoms with E-state index in [0.29, 0.717) is 0 Å². The lowest BCUT2D eigenvalue weighted by Gasteiger charge is -2.09. The van der Waals surface area contributed by atoms with Gasteiger partial charge in [0.05, 0.1) is 17.0 Å². The first-order valence-electron chi connectivity index (χ1n) is 5.13. The van der Waals surface area contributed by atoms with Gasteiger partial charge in [-0.1, -0.05) is 0 Å². The third kappa shape index (κ3) is 1.93. The van der Waals surface area contributed by atoms with E-state index in [1.807, 2.05) is 0 Å². The molecule has 1 atom stereocenters. The Balaban J connectivity index is 2.56. The number of nitrogens with one attached hydrogen (secondary N) is 1. The Morgan fingerprint density at radius 3 is 2.76 bits per heavy atom. The Labute approximate surface area is 96.4 Å². The van der Waals surface area contributed by atoms with Gasteiger partial charge in [-0.15, -0.1) is 0 Å². The summed E-state index contributed by atoms with van der Waals surface area (Å²) in [4.78, 5) is 11.8. The summed E-state index contributed by atoms with van der Waals surface area (Å²) in [5.41, 5.74) is 0.0220. The van der Waals surface area contributed by atoms with Crippen LogP contribution in [0.15, 0.2) is 22.6 Å². The fourth-order valence-electron chi connectivity index (χ4n) is 1.60. The Morgan fingerprint density at radius 1 is 1.41 bits per heavy atom. The molecule has 0 fully saturated rings. The molecule has 17 heavy (non-hydrogen) atoms. The average Bonchev–Trinajstić information content (AvgIpc) is 2.69. The largest absolute Gasteiger partial charge is 0.431 e. The highest BCUT2D eigenvalue weighted by atomic mass is 19.1. The van der Waals surface area contributed by atoms with Gasteiger partial charge in [-0.3, -0.25) is 4.79 Å². The van der Waals surface area contributed by atoms with Crippen molar-refractivity contribution in [2.24, 2.45) is 0 Å². The molecule has 3 nitrogen and oxygen atoms in total. The molecular formula is C12H11F2NO2. The highest BCUT2D eigenvalue weighted by Crippen LogP contribution is 2.24. The summed E-state index contributed by atoms with van der Waals surface area (Å²) in [5, 5.41) is 2.71. The molecule has 0 bridgehead atoms. The smallest absolute Gasteiger partial charge is 0.278 e. The van der Waals surface area contributed by atoms with Crippen LogP contribution in [0.5, 0.6) is 0 Å². The van der Waals surface area contributed by atoms with Crippen LogP contribution in [-0.2, 0) is 0 Å². The van der Waals surface area contributed by atoms with Gasteiger partial charge < -0.3 is 9.73 Å². The first-order chi connectivity index (χ1) is 8.04. The van der Waals surface area contributed by atoms with Gasteiger partial charge >= 0.3 is 0 Å². The Morgan fingerprint density at radius 2 is 2.12 bits per heavy atom. The van der Waals surface area contributed by atoms with E-state index < -0.39 is 17.9 Å². The molecule has 0 spiro atoms. The van der Waals surface area contributed by atoms with Gasteiger partial charge in [-0.25, -0.2) is 4.39 Å². The molecule has 0 aliphatic rings. The summed E-state index contributed by atoms with van der Waals surface area (Å²) < 4.78 is 31.4. The molecule has 1 heterocycles. The zero-order valence-corrected chi connectivity index (χ0v) is 9.38. The maximum absolute atomic E-state index is 14.0. The number of likely N-dealkylation sites (N-methyl/N-ethyl adjacent to an activating group) is 1. The number of carbonyl (C=O) groups is 1. The van der Waals surface area contributed by atoms with Crippen molar-refractivity contribution in [1.29, 1.82) is 0 Å². The Hall–Kier alpha value is -1.75. The van der Waals surface area contributed by atoms with Crippen molar-refractivity contribution < 1.29 is 18.0 Å². The Kier molecular flexibility index (Phi) is 2.93. The number of ketones is 1. The van der Waals surface area contributed by atoms with Crippen LogP contribution >= 0.6 is 0 Å². The van der Waals surface area contributed by atoms with Crippen LogP contribution in [0.4, 0.5) is 8.78 Å². The fraction of sp³-hybridized carbons (Fsp3) is 0.250. The molecule has 0 unspecified atom stereocenters. The van der Waals surface area contributed by atoms with E-state index in [1.165, 1.54) is 12.1 Å². The Bertz CT molecular complexity index is 577. The molecule has 0 saturated heterocycles. The lowest BCUT2D eigenvalue weighted by molar-refractivity contribution is 0.0951. The zero-order valence-electron chi connectivity index (χ0n) is 9.38. The lowest BCUT2D eigenvalue weighted by atomic mass is 10.0. The van der Waals surface area contributed by atoms with Crippen molar-refractivity contribution in [2.75, 3.05) is 7.05 Å². The minimum absolute atomic E-state index is 0.0170. The highest BCUT2D eigenvalue weighted by Gasteiger charge is 2.20. The average molecular weight is 239 g/mol. The molecule has 5 heteroatoms. The van der Waals surface area contributed by atoms with Crippen LogP contribution < -0.4 is 5.32 Å². The second kappa shape index (κ2) is 4.25. The standard InChI is InChI=1S/C12H11F2NO2/c1-6(15-2)12(16)7-3-4-9-8(11(7)14)5-10(13)17-9/h3-6,15H,1-2H3/t6-/m1/s1. The van der Waals surface area contributed by atoms with E-state index in [4.69, 9.17) is 0 Å². The van der Waals surface area contributed by atoms with E-state index in [1.54, 1.807) is 14.0 Å². The van der Waals surface area contributed by atoms with Gasteiger partial charge in [0, 0.05) is 6.07 Å². The summed E-state index contributed by atoms with van der Waals surface area (Å²) in [7, 11) is 1.61. The molecule has 1 aromatic carbocycles. The number of furan rings is 1. The number of benzene rings is 1. The molecule has 2 aromatic rings. The number of hydrogen-bond acceptors (Lipinski definition) is 3. The molecule has 0 amide bonds. The van der Waals surface area contributed by atoms with Crippen LogP contribution in [0.3, 0.4) is 0 Å². The molecular weight excluding hydrogens is 228 g/mol. The van der Waals surface area contributed by atoms with Crippen molar-refractivity contribution in [1.82, 2.24) is 5.32 Å². The van der Waals surface area contributed by atoms with Crippen molar-refractivity contribution in [3.05, 3.63) is 35.6 Å². The molecule has 0 radical (unpaired) electrons. The minimum atomic E-state index is -0.870. The van der Waals surface area contributed by atoms with Gasteiger partial charge in [0.1, 0.15) is 11.4 Å². The first-order valence-corrected chi connectivity index (χ1v) is 5.13. The molecule has 90 valence electrons. The van der Waals surface area contributed by atoms with Gasteiger partial charge in [-0.2, -0.15) is 4.39 Å². The van der Waals surface area contributed by atoms with E-state index in [2.05, 4.69) is 9.73 Å². The third-order valence-electron chi connectivity index (χ3n) is 2.70. The fourth-order valence-corrected chi connectivity index (χ4v) is 1.60. The van der Waals surface area contributed by atoms with E-state index in [9.17, 15) is 13.6 Å². The van der Waals surface area contributed by atoms with Crippen molar-refractivity contribution in [2.45, 2.75) is 13.0 Å². The normalized spacial score (nSPS) is 12.9. The van der Waals surface area contributed by atoms with Gasteiger partial charge in [0.25, 0.3) is 6.01 Å². The van der Waals surface area contributed by atoms with Gasteiger partial charge in [-0.05, 0) is 26.1 Å². The summed E-state index contributed by atoms with van der Waals surface area (Å²) in [5.74, 6) is -1.13.